The SMILES string of the molecule is CC(C)(C)c1nsc(Sc2nnc(-c3ccco3)n2N)n1. The van der Waals surface area contributed by atoms with Crippen LogP contribution in [0.1, 0.15) is 26.6 Å². The molecule has 3 aromatic heterocycles. The lowest BCUT2D eigenvalue weighted by Crippen LogP contribution is -2.13. The molecule has 110 valence electrons. The molecule has 9 heteroatoms. The Kier molecular flexibility index (Phi) is 3.46. The normalized spacial score (nSPS) is 12.0. The van der Waals surface area contributed by atoms with E-state index in [9.17, 15) is 0 Å². The topological polar surface area (TPSA) is 95.7 Å². The number of aromatic nitrogens is 5. The quantitative estimate of drug-likeness (QED) is 0.740. The van der Waals surface area contributed by atoms with Crippen LogP contribution in [-0.2, 0) is 5.41 Å². The molecule has 0 saturated carbocycles. The lowest BCUT2D eigenvalue weighted by atomic mass is 9.96. The second-order valence-corrected chi connectivity index (χ2v) is 7.36. The Labute approximate surface area is 129 Å². The van der Waals surface area contributed by atoms with Gasteiger partial charge in [-0.2, -0.15) is 4.37 Å². The zero-order chi connectivity index (χ0) is 15.0. The second-order valence-electron chi connectivity index (χ2n) is 5.39. The Morgan fingerprint density at radius 2 is 2.14 bits per heavy atom. The predicted molar refractivity (Wildman–Crippen MR) is 80.6 cm³/mol. The minimum absolute atomic E-state index is 0.0783. The molecular formula is C12H14N6OS2. The van der Waals surface area contributed by atoms with E-state index in [1.54, 1.807) is 18.4 Å². The number of nitrogen functional groups attached to an aromatic ring is 1. The summed E-state index contributed by atoms with van der Waals surface area (Å²) in [5, 5.41) is 8.65. The van der Waals surface area contributed by atoms with Crippen LogP contribution in [0.3, 0.4) is 0 Å². The molecule has 21 heavy (non-hydrogen) atoms. The second kappa shape index (κ2) is 5.15. The van der Waals surface area contributed by atoms with Crippen molar-refractivity contribution in [3.05, 3.63) is 24.2 Å². The van der Waals surface area contributed by atoms with Gasteiger partial charge >= 0.3 is 0 Å². The Morgan fingerprint density at radius 1 is 1.33 bits per heavy atom. The number of nitrogens with zero attached hydrogens (tertiary/aromatic N) is 5. The van der Waals surface area contributed by atoms with Gasteiger partial charge in [-0.15, -0.1) is 10.2 Å². The number of nitrogens with two attached hydrogens (primary N) is 1. The highest BCUT2D eigenvalue weighted by Crippen LogP contribution is 2.31. The van der Waals surface area contributed by atoms with Gasteiger partial charge in [-0.05, 0) is 35.4 Å². The molecule has 0 saturated heterocycles. The molecule has 0 spiro atoms. The van der Waals surface area contributed by atoms with E-state index in [4.69, 9.17) is 10.3 Å². The van der Waals surface area contributed by atoms with E-state index >= 15 is 0 Å². The Morgan fingerprint density at radius 3 is 2.76 bits per heavy atom. The molecule has 3 aromatic rings. The van der Waals surface area contributed by atoms with Crippen molar-refractivity contribution in [3.63, 3.8) is 0 Å². The van der Waals surface area contributed by atoms with Gasteiger partial charge in [0.1, 0.15) is 5.82 Å². The van der Waals surface area contributed by atoms with Gasteiger partial charge in [0.2, 0.25) is 11.0 Å². The van der Waals surface area contributed by atoms with Crippen LogP contribution in [0, 0.1) is 0 Å². The van der Waals surface area contributed by atoms with E-state index in [-0.39, 0.29) is 5.41 Å². The number of rotatable bonds is 3. The number of hydrogen-bond acceptors (Lipinski definition) is 8. The Balaban J connectivity index is 1.84. The highest BCUT2D eigenvalue weighted by atomic mass is 32.2. The van der Waals surface area contributed by atoms with Crippen molar-refractivity contribution in [1.82, 2.24) is 24.2 Å². The highest BCUT2D eigenvalue weighted by molar-refractivity contribution is 8.00. The average molecular weight is 322 g/mol. The molecule has 0 aliphatic carbocycles. The summed E-state index contributed by atoms with van der Waals surface area (Å²) in [6, 6.07) is 3.56. The monoisotopic (exact) mass is 322 g/mol. The van der Waals surface area contributed by atoms with Crippen LogP contribution in [0.4, 0.5) is 0 Å². The van der Waals surface area contributed by atoms with Gasteiger partial charge in [0.05, 0.1) is 6.26 Å². The first-order valence-corrected chi connectivity index (χ1v) is 7.80. The molecule has 2 N–H and O–H groups in total. The minimum Gasteiger partial charge on any atom is -0.461 e. The molecule has 0 radical (unpaired) electrons. The first-order valence-electron chi connectivity index (χ1n) is 6.21. The van der Waals surface area contributed by atoms with Crippen LogP contribution < -0.4 is 5.84 Å². The fraction of sp³-hybridized carbons (Fsp3) is 0.333. The third-order valence-corrected chi connectivity index (χ3v) is 4.38. The van der Waals surface area contributed by atoms with Crippen LogP contribution in [0.5, 0.6) is 0 Å². The molecule has 0 aliphatic rings. The van der Waals surface area contributed by atoms with E-state index in [1.165, 1.54) is 28.0 Å². The summed E-state index contributed by atoms with van der Waals surface area (Å²) in [4.78, 5) is 4.50. The van der Waals surface area contributed by atoms with Crippen LogP contribution in [0.15, 0.2) is 32.3 Å². The zero-order valence-corrected chi connectivity index (χ0v) is 13.4. The van der Waals surface area contributed by atoms with Crippen LogP contribution in [0.25, 0.3) is 11.6 Å². The Hall–Kier alpha value is -1.87. The lowest BCUT2D eigenvalue weighted by Gasteiger charge is -2.11. The van der Waals surface area contributed by atoms with Crippen LogP contribution in [-0.4, -0.2) is 24.2 Å². The lowest BCUT2D eigenvalue weighted by molar-refractivity contribution is 0.551. The van der Waals surface area contributed by atoms with E-state index < -0.39 is 0 Å². The van der Waals surface area contributed by atoms with E-state index in [2.05, 4.69) is 40.3 Å². The number of furan rings is 1. The standard InChI is InChI=1S/C12H14N6OS2/c1-12(2,3)9-14-11(21-17-9)20-10-16-15-8(18(10)13)7-5-4-6-19-7/h4-6H,13H2,1-3H3. The summed E-state index contributed by atoms with van der Waals surface area (Å²) in [6.07, 6.45) is 1.57. The van der Waals surface area contributed by atoms with Crippen molar-refractivity contribution in [2.75, 3.05) is 5.84 Å². The fourth-order valence-electron chi connectivity index (χ4n) is 1.55. The molecular weight excluding hydrogens is 308 g/mol. The van der Waals surface area contributed by atoms with E-state index in [0.29, 0.717) is 16.7 Å². The predicted octanol–water partition coefficient (Wildman–Crippen LogP) is 2.55. The van der Waals surface area contributed by atoms with Crippen molar-refractivity contribution >= 4 is 23.3 Å². The van der Waals surface area contributed by atoms with E-state index in [1.807, 2.05) is 0 Å². The number of hydrogen-bond donors (Lipinski definition) is 1. The van der Waals surface area contributed by atoms with Gasteiger partial charge in [-0.3, -0.25) is 0 Å². The largest absolute Gasteiger partial charge is 0.461 e. The summed E-state index contributed by atoms with van der Waals surface area (Å²) in [5.74, 6) is 7.86. The highest BCUT2D eigenvalue weighted by Gasteiger charge is 2.21. The molecule has 0 amide bonds. The molecule has 0 aliphatic heterocycles. The van der Waals surface area contributed by atoms with Crippen LogP contribution >= 0.6 is 23.3 Å². The van der Waals surface area contributed by atoms with Crippen molar-refractivity contribution in [2.45, 2.75) is 35.7 Å². The first-order chi connectivity index (χ1) is 9.95. The van der Waals surface area contributed by atoms with Crippen molar-refractivity contribution in [1.29, 1.82) is 0 Å². The summed E-state index contributed by atoms with van der Waals surface area (Å²) in [5.41, 5.74) is -0.0783. The van der Waals surface area contributed by atoms with Gasteiger partial charge in [0.25, 0.3) is 0 Å². The Bertz CT molecular complexity index is 740. The zero-order valence-electron chi connectivity index (χ0n) is 11.8. The van der Waals surface area contributed by atoms with Gasteiger partial charge in [-0.25, -0.2) is 9.66 Å². The van der Waals surface area contributed by atoms with Crippen LogP contribution in [0.2, 0.25) is 0 Å². The van der Waals surface area contributed by atoms with Gasteiger partial charge in [0, 0.05) is 5.41 Å². The summed E-state index contributed by atoms with van der Waals surface area (Å²) in [7, 11) is 0. The third-order valence-electron chi connectivity index (χ3n) is 2.66. The summed E-state index contributed by atoms with van der Waals surface area (Å²) < 4.78 is 11.8. The molecule has 0 bridgehead atoms. The molecule has 0 aromatic carbocycles. The fourth-order valence-corrected chi connectivity index (χ4v) is 3.20. The van der Waals surface area contributed by atoms with E-state index in [0.717, 1.165) is 10.2 Å². The first kappa shape index (κ1) is 14.1. The molecule has 0 fully saturated rings. The maximum atomic E-state index is 6.00. The third kappa shape index (κ3) is 2.79. The average Bonchev–Trinajstić information content (AvgIpc) is 3.11. The maximum Gasteiger partial charge on any atom is 0.218 e. The van der Waals surface area contributed by atoms with Crippen molar-refractivity contribution < 1.29 is 4.42 Å². The molecule has 7 nitrogen and oxygen atoms in total. The molecule has 3 heterocycles. The van der Waals surface area contributed by atoms with Gasteiger partial charge < -0.3 is 10.3 Å². The smallest absolute Gasteiger partial charge is 0.218 e. The molecule has 3 rings (SSSR count). The molecule has 0 unspecified atom stereocenters. The molecule has 0 atom stereocenters. The van der Waals surface area contributed by atoms with Crippen molar-refractivity contribution in [2.24, 2.45) is 0 Å². The van der Waals surface area contributed by atoms with Gasteiger partial charge in [-0.1, -0.05) is 20.8 Å². The van der Waals surface area contributed by atoms with Gasteiger partial charge in [0.15, 0.2) is 10.1 Å². The maximum absolute atomic E-state index is 6.00. The minimum atomic E-state index is -0.0783. The summed E-state index contributed by atoms with van der Waals surface area (Å²) >= 11 is 2.67. The van der Waals surface area contributed by atoms with Crippen molar-refractivity contribution in [3.8, 4) is 11.6 Å². The summed E-state index contributed by atoms with van der Waals surface area (Å²) in [6.45, 7) is 6.22.